The molecule has 0 aliphatic heterocycles. The van der Waals surface area contributed by atoms with E-state index in [1.54, 1.807) is 5.56 Å². The predicted molar refractivity (Wildman–Crippen MR) is 72.0 cm³/mol. The zero-order valence-electron chi connectivity index (χ0n) is 11.4. The second-order valence-corrected chi connectivity index (χ2v) is 6.83. The molecule has 1 N–H and O–H groups in total. The van der Waals surface area contributed by atoms with E-state index < -0.39 is 0 Å². The lowest BCUT2D eigenvalue weighted by atomic mass is 10.0. The summed E-state index contributed by atoms with van der Waals surface area (Å²) in [6, 6.07) is 10.1. The van der Waals surface area contributed by atoms with Gasteiger partial charge in [-0.05, 0) is 34.8 Å². The molecule has 3 rings (SSSR count). The van der Waals surface area contributed by atoms with Gasteiger partial charge in [0.2, 0.25) is 0 Å². The van der Waals surface area contributed by atoms with Crippen LogP contribution in [0.1, 0.15) is 51.3 Å². The fourth-order valence-electron chi connectivity index (χ4n) is 3.54. The summed E-state index contributed by atoms with van der Waals surface area (Å²) in [5.74, 6) is 0. The highest BCUT2D eigenvalue weighted by Crippen LogP contribution is 2.63. The number of aryl methyl sites for hydroxylation is 1. The van der Waals surface area contributed by atoms with Crippen LogP contribution in [0.3, 0.4) is 0 Å². The normalized spacial score (nSPS) is 29.1. The van der Waals surface area contributed by atoms with Crippen LogP contribution in [0.15, 0.2) is 24.3 Å². The molecule has 0 spiro atoms. The summed E-state index contributed by atoms with van der Waals surface area (Å²) >= 11 is 0. The fraction of sp³-hybridized carbons (Fsp3) is 0.625. The van der Waals surface area contributed by atoms with E-state index in [9.17, 15) is 0 Å². The maximum Gasteiger partial charge on any atom is 0.0329 e. The SMILES string of the molecule is CC1(C)C(NC2CCc3ccccc32)C1(C)C. The lowest BCUT2D eigenvalue weighted by molar-refractivity contribution is 0.457. The number of fused-ring (bicyclic) bond motifs is 1. The first-order valence-corrected chi connectivity index (χ1v) is 6.78. The van der Waals surface area contributed by atoms with E-state index in [2.05, 4.69) is 57.3 Å². The van der Waals surface area contributed by atoms with Crippen LogP contribution in [0.25, 0.3) is 0 Å². The van der Waals surface area contributed by atoms with Gasteiger partial charge in [-0.2, -0.15) is 0 Å². The Morgan fingerprint density at radius 2 is 1.71 bits per heavy atom. The fourth-order valence-corrected chi connectivity index (χ4v) is 3.54. The van der Waals surface area contributed by atoms with Crippen LogP contribution in [0, 0.1) is 10.8 Å². The minimum Gasteiger partial charge on any atom is -0.306 e. The van der Waals surface area contributed by atoms with Crippen molar-refractivity contribution in [3.63, 3.8) is 0 Å². The van der Waals surface area contributed by atoms with Gasteiger partial charge >= 0.3 is 0 Å². The Morgan fingerprint density at radius 1 is 1.06 bits per heavy atom. The molecule has 17 heavy (non-hydrogen) atoms. The highest BCUT2D eigenvalue weighted by atomic mass is 15.1. The monoisotopic (exact) mass is 229 g/mol. The van der Waals surface area contributed by atoms with Gasteiger partial charge in [0, 0.05) is 12.1 Å². The maximum atomic E-state index is 3.89. The van der Waals surface area contributed by atoms with Crippen LogP contribution >= 0.6 is 0 Å². The van der Waals surface area contributed by atoms with Crippen molar-refractivity contribution in [2.24, 2.45) is 10.8 Å². The van der Waals surface area contributed by atoms with Gasteiger partial charge in [0.1, 0.15) is 0 Å². The first-order chi connectivity index (χ1) is 7.94. The number of nitrogens with one attached hydrogen (secondary N) is 1. The molecule has 1 aromatic carbocycles. The summed E-state index contributed by atoms with van der Waals surface area (Å²) in [5.41, 5.74) is 3.95. The van der Waals surface area contributed by atoms with Crippen molar-refractivity contribution in [2.75, 3.05) is 0 Å². The first-order valence-electron chi connectivity index (χ1n) is 6.78. The molecule has 1 heteroatoms. The van der Waals surface area contributed by atoms with E-state index in [-0.39, 0.29) is 0 Å². The Bertz CT molecular complexity index is 431. The quantitative estimate of drug-likeness (QED) is 0.815. The highest BCUT2D eigenvalue weighted by Gasteiger charge is 2.65. The van der Waals surface area contributed by atoms with Crippen molar-refractivity contribution >= 4 is 0 Å². The van der Waals surface area contributed by atoms with Gasteiger partial charge in [-0.3, -0.25) is 0 Å². The number of hydrogen-bond donors (Lipinski definition) is 1. The van der Waals surface area contributed by atoms with Crippen LogP contribution in [0.5, 0.6) is 0 Å². The molecule has 1 aromatic rings. The Morgan fingerprint density at radius 3 is 2.35 bits per heavy atom. The molecule has 0 heterocycles. The molecule has 0 radical (unpaired) electrons. The van der Waals surface area contributed by atoms with Crippen molar-refractivity contribution in [1.29, 1.82) is 0 Å². The van der Waals surface area contributed by atoms with Crippen LogP contribution in [0.2, 0.25) is 0 Å². The zero-order chi connectivity index (χ0) is 12.3. The summed E-state index contributed by atoms with van der Waals surface area (Å²) < 4.78 is 0. The molecule has 1 unspecified atom stereocenters. The van der Waals surface area contributed by atoms with Crippen LogP contribution in [-0.4, -0.2) is 6.04 Å². The summed E-state index contributed by atoms with van der Waals surface area (Å²) in [4.78, 5) is 0. The summed E-state index contributed by atoms with van der Waals surface area (Å²) in [5, 5.41) is 3.89. The third-order valence-electron chi connectivity index (χ3n) is 5.52. The Labute approximate surface area is 105 Å². The van der Waals surface area contributed by atoms with Crippen LogP contribution in [0.4, 0.5) is 0 Å². The van der Waals surface area contributed by atoms with Crippen molar-refractivity contribution in [3.8, 4) is 0 Å². The molecule has 92 valence electrons. The number of benzene rings is 1. The van der Waals surface area contributed by atoms with E-state index in [0.29, 0.717) is 22.9 Å². The lowest BCUT2D eigenvalue weighted by Crippen LogP contribution is -2.26. The minimum absolute atomic E-state index is 0.435. The third-order valence-corrected chi connectivity index (χ3v) is 5.52. The van der Waals surface area contributed by atoms with Crippen molar-refractivity contribution in [3.05, 3.63) is 35.4 Å². The van der Waals surface area contributed by atoms with Gasteiger partial charge in [-0.15, -0.1) is 0 Å². The number of rotatable bonds is 2. The highest BCUT2D eigenvalue weighted by molar-refractivity contribution is 5.35. The van der Waals surface area contributed by atoms with Crippen LogP contribution < -0.4 is 5.32 Å². The van der Waals surface area contributed by atoms with E-state index >= 15 is 0 Å². The first kappa shape index (κ1) is 11.3. The average Bonchev–Trinajstić information content (AvgIpc) is 2.65. The standard InChI is InChI=1S/C16H23N/c1-15(2)14(16(15,3)4)17-13-10-9-11-7-5-6-8-12(11)13/h5-8,13-14,17H,9-10H2,1-4H3. The second kappa shape index (κ2) is 3.35. The Balaban J connectivity index is 1.78. The van der Waals surface area contributed by atoms with E-state index in [1.807, 2.05) is 0 Å². The largest absolute Gasteiger partial charge is 0.306 e. The molecule has 2 aliphatic carbocycles. The molecule has 1 fully saturated rings. The zero-order valence-corrected chi connectivity index (χ0v) is 11.4. The maximum absolute atomic E-state index is 3.89. The van der Waals surface area contributed by atoms with Crippen molar-refractivity contribution < 1.29 is 0 Å². The Hall–Kier alpha value is -0.820. The molecule has 1 nitrogen and oxygen atoms in total. The smallest absolute Gasteiger partial charge is 0.0329 e. The molecule has 1 saturated carbocycles. The predicted octanol–water partition coefficient (Wildman–Crippen LogP) is 3.70. The molecular formula is C16H23N. The lowest BCUT2D eigenvalue weighted by Gasteiger charge is -2.15. The van der Waals surface area contributed by atoms with E-state index in [4.69, 9.17) is 0 Å². The third kappa shape index (κ3) is 1.48. The van der Waals surface area contributed by atoms with Gasteiger partial charge in [0.05, 0.1) is 0 Å². The molecule has 0 aromatic heterocycles. The molecule has 0 saturated heterocycles. The summed E-state index contributed by atoms with van der Waals surface area (Å²) in [6.45, 7) is 9.52. The number of hydrogen-bond acceptors (Lipinski definition) is 1. The van der Waals surface area contributed by atoms with Gasteiger partial charge in [0.15, 0.2) is 0 Å². The van der Waals surface area contributed by atoms with Crippen LogP contribution in [-0.2, 0) is 6.42 Å². The Kier molecular flexibility index (Phi) is 2.22. The summed E-state index contributed by atoms with van der Waals surface area (Å²) in [6.07, 6.45) is 2.50. The average molecular weight is 229 g/mol. The topological polar surface area (TPSA) is 12.0 Å². The van der Waals surface area contributed by atoms with Gasteiger partial charge in [-0.25, -0.2) is 0 Å². The molecule has 2 aliphatic rings. The molecular weight excluding hydrogens is 206 g/mol. The molecule has 0 bridgehead atoms. The van der Waals surface area contributed by atoms with Gasteiger partial charge in [0.25, 0.3) is 0 Å². The van der Waals surface area contributed by atoms with Crippen molar-refractivity contribution in [2.45, 2.75) is 52.6 Å². The van der Waals surface area contributed by atoms with Crippen molar-refractivity contribution in [1.82, 2.24) is 5.32 Å². The summed E-state index contributed by atoms with van der Waals surface area (Å²) in [7, 11) is 0. The minimum atomic E-state index is 0.435. The van der Waals surface area contributed by atoms with Gasteiger partial charge < -0.3 is 5.32 Å². The molecule has 1 atom stereocenters. The molecule has 0 amide bonds. The van der Waals surface area contributed by atoms with Gasteiger partial charge in [-0.1, -0.05) is 52.0 Å². The second-order valence-electron chi connectivity index (χ2n) is 6.83. The van der Waals surface area contributed by atoms with E-state index in [0.717, 1.165) is 0 Å². The van der Waals surface area contributed by atoms with E-state index in [1.165, 1.54) is 18.4 Å².